The lowest BCUT2D eigenvalue weighted by atomic mass is 10.1. The van der Waals surface area contributed by atoms with Crippen molar-refractivity contribution in [3.05, 3.63) is 109 Å². The van der Waals surface area contributed by atoms with Crippen LogP contribution in [0.2, 0.25) is 0 Å². The summed E-state index contributed by atoms with van der Waals surface area (Å²) < 4.78 is 9.14. The number of carbonyl (C=O) groups is 1. The van der Waals surface area contributed by atoms with Crippen LogP contribution >= 0.6 is 0 Å². The molecule has 0 radical (unpaired) electrons. The number of furan rings is 1. The lowest BCUT2D eigenvalue weighted by molar-refractivity contribution is 0.0938. The average molecular weight is 554 g/mol. The van der Waals surface area contributed by atoms with Gasteiger partial charge in [0.05, 0.1) is 29.6 Å². The molecular formula is C31H23N9O2. The van der Waals surface area contributed by atoms with E-state index in [0.29, 0.717) is 39.8 Å². The van der Waals surface area contributed by atoms with E-state index in [1.807, 2.05) is 47.2 Å². The Hall–Kier alpha value is -5.84. The van der Waals surface area contributed by atoms with Crippen LogP contribution in [0.5, 0.6) is 0 Å². The molecular weight excluding hydrogens is 530 g/mol. The molecule has 8 rings (SSSR count). The second-order valence-electron chi connectivity index (χ2n) is 10.1. The molecule has 0 unspecified atom stereocenters. The van der Waals surface area contributed by atoms with Gasteiger partial charge in [-0.1, -0.05) is 6.07 Å². The maximum atomic E-state index is 13.2. The minimum atomic E-state index is -0.179. The van der Waals surface area contributed by atoms with E-state index in [0.717, 1.165) is 40.6 Å². The second-order valence-corrected chi connectivity index (χ2v) is 10.1. The van der Waals surface area contributed by atoms with E-state index in [-0.39, 0.29) is 11.9 Å². The van der Waals surface area contributed by atoms with E-state index in [4.69, 9.17) is 20.1 Å². The number of hydrogen-bond donors (Lipinski definition) is 2. The number of nitrogens with zero attached hydrogens (tertiary/aromatic N) is 7. The van der Waals surface area contributed by atoms with Crippen molar-refractivity contribution in [1.29, 1.82) is 0 Å². The van der Waals surface area contributed by atoms with Crippen LogP contribution in [0, 0.1) is 0 Å². The van der Waals surface area contributed by atoms with Crippen molar-refractivity contribution in [1.82, 2.24) is 39.6 Å². The molecule has 7 aromatic rings. The Kier molecular flexibility index (Phi) is 5.36. The summed E-state index contributed by atoms with van der Waals surface area (Å²) in [5, 5.41) is 8.28. The first-order chi connectivity index (χ1) is 20.6. The van der Waals surface area contributed by atoms with Gasteiger partial charge in [-0.2, -0.15) is 5.10 Å². The van der Waals surface area contributed by atoms with Crippen LogP contribution in [0.3, 0.4) is 0 Å². The molecule has 0 fully saturated rings. The number of amides is 1. The van der Waals surface area contributed by atoms with Crippen molar-refractivity contribution in [2.24, 2.45) is 0 Å². The molecule has 6 aromatic heterocycles. The molecule has 1 aromatic carbocycles. The summed E-state index contributed by atoms with van der Waals surface area (Å²) in [6.07, 6.45) is 11.6. The van der Waals surface area contributed by atoms with Gasteiger partial charge in [-0.15, -0.1) is 0 Å². The predicted molar refractivity (Wildman–Crippen MR) is 156 cm³/mol. The van der Waals surface area contributed by atoms with Crippen molar-refractivity contribution in [2.75, 3.05) is 5.73 Å². The number of hydrogen-bond acceptors (Lipinski definition) is 8. The summed E-state index contributed by atoms with van der Waals surface area (Å²) in [6.45, 7) is 0. The highest BCUT2D eigenvalue weighted by Gasteiger charge is 2.27. The van der Waals surface area contributed by atoms with Gasteiger partial charge in [-0.25, -0.2) is 19.6 Å². The zero-order valence-corrected chi connectivity index (χ0v) is 22.2. The van der Waals surface area contributed by atoms with Crippen molar-refractivity contribution in [2.45, 2.75) is 18.9 Å². The van der Waals surface area contributed by atoms with Gasteiger partial charge < -0.3 is 15.5 Å². The number of aryl methyl sites for hydroxylation is 1. The molecule has 1 amide bonds. The molecule has 0 aliphatic heterocycles. The number of benzene rings is 1. The fourth-order valence-corrected chi connectivity index (χ4v) is 5.71. The predicted octanol–water partition coefficient (Wildman–Crippen LogP) is 4.81. The Morgan fingerprint density at radius 1 is 1.05 bits per heavy atom. The minimum Gasteiger partial charge on any atom is -0.463 e. The summed E-state index contributed by atoms with van der Waals surface area (Å²) in [4.78, 5) is 31.6. The number of aromatic nitrogens is 7. The van der Waals surface area contributed by atoms with Crippen LogP contribution in [0.15, 0.2) is 96.3 Å². The smallest absolute Gasteiger partial charge is 0.254 e. The minimum absolute atomic E-state index is 0.124. The molecule has 1 aliphatic rings. The van der Waals surface area contributed by atoms with Crippen LogP contribution in [-0.4, -0.2) is 40.2 Å². The molecule has 0 saturated heterocycles. The van der Waals surface area contributed by atoms with E-state index in [1.54, 1.807) is 41.8 Å². The fraction of sp³-hybridized carbons (Fsp3) is 0.0968. The quantitative estimate of drug-likeness (QED) is 0.309. The number of nitrogens with one attached hydrogen (secondary N) is 1. The highest BCUT2D eigenvalue weighted by atomic mass is 16.3. The number of nitrogen functional groups attached to an aromatic ring is 1. The molecule has 42 heavy (non-hydrogen) atoms. The van der Waals surface area contributed by atoms with Crippen molar-refractivity contribution in [3.63, 3.8) is 0 Å². The normalized spacial score (nSPS) is 14.4. The van der Waals surface area contributed by atoms with Gasteiger partial charge in [0, 0.05) is 35.9 Å². The third-order valence-corrected chi connectivity index (χ3v) is 7.70. The number of rotatable bonds is 5. The van der Waals surface area contributed by atoms with E-state index in [2.05, 4.69) is 32.5 Å². The van der Waals surface area contributed by atoms with E-state index < -0.39 is 0 Å². The van der Waals surface area contributed by atoms with Gasteiger partial charge in [0.2, 0.25) is 0 Å². The third kappa shape index (κ3) is 3.82. The highest BCUT2D eigenvalue weighted by molar-refractivity contribution is 6.05. The molecule has 0 bridgehead atoms. The molecule has 1 atom stereocenters. The number of pyridine rings is 3. The van der Waals surface area contributed by atoms with Crippen LogP contribution < -0.4 is 11.1 Å². The fourth-order valence-electron chi connectivity index (χ4n) is 5.71. The number of imidazole rings is 1. The Bertz CT molecular complexity index is 2130. The van der Waals surface area contributed by atoms with Crippen LogP contribution in [0.1, 0.15) is 33.9 Å². The SMILES string of the molecule is Nc1ncccc1-c1nc2ccc(-n3cccn3)nc2n1-c1ccc2c(c1)CC[C@@H]2NC(=O)c1cncc2occc12. The molecule has 6 heterocycles. The Balaban J connectivity index is 1.20. The Labute approximate surface area is 238 Å². The molecule has 204 valence electrons. The average Bonchev–Trinajstić information content (AvgIpc) is 3.83. The monoisotopic (exact) mass is 553 g/mol. The van der Waals surface area contributed by atoms with E-state index in [9.17, 15) is 4.79 Å². The van der Waals surface area contributed by atoms with Gasteiger partial charge in [0.25, 0.3) is 5.91 Å². The summed E-state index contributed by atoms with van der Waals surface area (Å²) in [7, 11) is 0. The number of nitrogens with two attached hydrogens (primary N) is 1. The lowest BCUT2D eigenvalue weighted by Crippen LogP contribution is -2.27. The third-order valence-electron chi connectivity index (χ3n) is 7.70. The van der Waals surface area contributed by atoms with Gasteiger partial charge in [0.1, 0.15) is 11.3 Å². The first-order valence-corrected chi connectivity index (χ1v) is 13.5. The summed E-state index contributed by atoms with van der Waals surface area (Å²) in [5.74, 6) is 1.52. The number of carbonyl (C=O) groups excluding carboxylic acids is 1. The zero-order chi connectivity index (χ0) is 28.2. The largest absolute Gasteiger partial charge is 0.463 e. The molecule has 11 heteroatoms. The highest BCUT2D eigenvalue weighted by Crippen LogP contribution is 2.36. The molecule has 3 N–H and O–H groups in total. The van der Waals surface area contributed by atoms with Crippen molar-refractivity contribution >= 4 is 33.9 Å². The second kappa shape index (κ2) is 9.37. The Morgan fingerprint density at radius 2 is 2.00 bits per heavy atom. The Morgan fingerprint density at radius 3 is 2.88 bits per heavy atom. The number of anilines is 1. The van der Waals surface area contributed by atoms with Crippen LogP contribution in [-0.2, 0) is 6.42 Å². The van der Waals surface area contributed by atoms with Gasteiger partial charge in [-0.3, -0.25) is 14.3 Å². The topological polar surface area (TPSA) is 143 Å². The molecule has 0 spiro atoms. The maximum Gasteiger partial charge on any atom is 0.254 e. The van der Waals surface area contributed by atoms with E-state index in [1.165, 1.54) is 0 Å². The zero-order valence-electron chi connectivity index (χ0n) is 22.2. The van der Waals surface area contributed by atoms with Crippen molar-refractivity contribution in [3.8, 4) is 22.9 Å². The summed E-state index contributed by atoms with van der Waals surface area (Å²) in [5.41, 5.74) is 12.6. The first kappa shape index (κ1) is 24.0. The van der Waals surface area contributed by atoms with Crippen LogP contribution in [0.4, 0.5) is 5.82 Å². The summed E-state index contributed by atoms with van der Waals surface area (Å²) >= 11 is 0. The first-order valence-electron chi connectivity index (χ1n) is 13.5. The van der Waals surface area contributed by atoms with Gasteiger partial charge in [0.15, 0.2) is 22.9 Å². The maximum absolute atomic E-state index is 13.2. The molecule has 1 aliphatic carbocycles. The standard InChI is InChI=1S/C31H23N9O2/c32-28-22(3-1-11-34-28)29-36-25-8-9-27(39-13-2-12-35-39)38-30(25)40(29)19-5-6-20-18(15-19)4-7-24(20)37-31(41)23-16-33-17-26-21(23)10-14-42-26/h1-3,5-6,8-17,24H,4,7H2,(H2,32,34)(H,37,41)/t24-/m0/s1. The molecule has 11 nitrogen and oxygen atoms in total. The van der Waals surface area contributed by atoms with Gasteiger partial charge in [-0.05, 0) is 72.5 Å². The molecule has 0 saturated carbocycles. The van der Waals surface area contributed by atoms with Crippen molar-refractivity contribution < 1.29 is 9.21 Å². The lowest BCUT2D eigenvalue weighted by Gasteiger charge is -2.16. The summed E-state index contributed by atoms with van der Waals surface area (Å²) in [6, 6.07) is 17.3. The van der Waals surface area contributed by atoms with E-state index >= 15 is 0 Å². The number of fused-ring (bicyclic) bond motifs is 3. The van der Waals surface area contributed by atoms with Gasteiger partial charge >= 0.3 is 0 Å². The van der Waals surface area contributed by atoms with Crippen LogP contribution in [0.25, 0.3) is 45.0 Å².